The molecule has 0 aromatic heterocycles. The lowest BCUT2D eigenvalue weighted by molar-refractivity contribution is -0.131. The first-order valence-electron chi connectivity index (χ1n) is 10.7. The number of imide groups is 1. The quantitative estimate of drug-likeness (QED) is 0.645. The van der Waals surface area contributed by atoms with Crippen molar-refractivity contribution in [2.75, 3.05) is 11.9 Å². The number of rotatable bonds is 6. The van der Waals surface area contributed by atoms with Gasteiger partial charge in [0.25, 0.3) is 5.91 Å². The Kier molecular flexibility index (Phi) is 6.05. The lowest BCUT2D eigenvalue weighted by Crippen LogP contribution is -2.44. The first kappa shape index (κ1) is 21.4. The third-order valence-electron chi connectivity index (χ3n) is 6.12. The van der Waals surface area contributed by atoms with Crippen molar-refractivity contribution in [1.82, 2.24) is 10.2 Å². The zero-order valence-electron chi connectivity index (χ0n) is 17.9. The second-order valence-corrected chi connectivity index (χ2v) is 9.49. The van der Waals surface area contributed by atoms with Crippen LogP contribution >= 0.6 is 11.8 Å². The molecule has 6 nitrogen and oxygen atoms in total. The van der Waals surface area contributed by atoms with Crippen LogP contribution in [0.15, 0.2) is 52.3 Å². The topological polar surface area (TPSA) is 78.5 Å². The molecule has 31 heavy (non-hydrogen) atoms. The van der Waals surface area contributed by atoms with Crippen LogP contribution in [0.1, 0.15) is 43.2 Å². The molecule has 7 heteroatoms. The number of benzene rings is 2. The van der Waals surface area contributed by atoms with Gasteiger partial charge in [0.05, 0.1) is 0 Å². The van der Waals surface area contributed by atoms with Crippen molar-refractivity contribution in [2.24, 2.45) is 0 Å². The molecule has 1 aliphatic heterocycles. The Bertz CT molecular complexity index is 1010. The van der Waals surface area contributed by atoms with Crippen LogP contribution in [0, 0.1) is 13.8 Å². The summed E-state index contributed by atoms with van der Waals surface area (Å²) in [5.41, 5.74) is 2.50. The van der Waals surface area contributed by atoms with Gasteiger partial charge in [-0.3, -0.25) is 14.5 Å². The minimum atomic E-state index is -0.725. The molecule has 0 bridgehead atoms. The predicted molar refractivity (Wildman–Crippen MR) is 121 cm³/mol. The number of nitrogens with one attached hydrogen (secondary N) is 2. The number of carbonyl (C=O) groups is 3. The minimum absolute atomic E-state index is 0.0778. The standard InChI is InChI=1S/C24H27N3O3S/c1-16-5-8-20(15-17(16)2)31-19-9-6-18(7-10-19)25-21(28)11-14-27-22(29)24(26-23(27)30)12-3-4-13-24/h5-10,15H,3-4,11-14H2,1-2H3,(H,25,28)(H,26,30). The van der Waals surface area contributed by atoms with Crippen LogP contribution in [0.5, 0.6) is 0 Å². The molecule has 2 aromatic rings. The van der Waals surface area contributed by atoms with Gasteiger partial charge < -0.3 is 10.6 Å². The van der Waals surface area contributed by atoms with Crippen molar-refractivity contribution in [3.63, 3.8) is 0 Å². The van der Waals surface area contributed by atoms with E-state index in [2.05, 4.69) is 42.7 Å². The lowest BCUT2D eigenvalue weighted by atomic mass is 9.98. The van der Waals surface area contributed by atoms with E-state index >= 15 is 0 Å². The molecule has 1 saturated heterocycles. The van der Waals surface area contributed by atoms with Crippen LogP contribution in [0.25, 0.3) is 0 Å². The zero-order chi connectivity index (χ0) is 22.0. The number of hydrogen-bond donors (Lipinski definition) is 2. The Balaban J connectivity index is 1.29. The number of nitrogens with zero attached hydrogens (tertiary/aromatic N) is 1. The number of anilines is 1. The number of aryl methyl sites for hydroxylation is 2. The van der Waals surface area contributed by atoms with Gasteiger partial charge in [-0.2, -0.15) is 0 Å². The maximum Gasteiger partial charge on any atom is 0.325 e. The number of urea groups is 1. The van der Waals surface area contributed by atoms with Crippen molar-refractivity contribution in [3.8, 4) is 0 Å². The Labute approximate surface area is 186 Å². The van der Waals surface area contributed by atoms with E-state index in [0.717, 1.165) is 17.7 Å². The molecule has 2 aromatic carbocycles. The highest BCUT2D eigenvalue weighted by Gasteiger charge is 2.52. The van der Waals surface area contributed by atoms with Crippen molar-refractivity contribution < 1.29 is 14.4 Å². The minimum Gasteiger partial charge on any atom is -0.326 e. The van der Waals surface area contributed by atoms with Crippen molar-refractivity contribution in [2.45, 2.75) is 61.3 Å². The van der Waals surface area contributed by atoms with Gasteiger partial charge in [0, 0.05) is 28.4 Å². The van der Waals surface area contributed by atoms with E-state index in [-0.39, 0.29) is 30.8 Å². The highest BCUT2D eigenvalue weighted by Crippen LogP contribution is 2.35. The second kappa shape index (κ2) is 8.75. The molecule has 0 unspecified atom stereocenters. The molecular formula is C24H27N3O3S. The van der Waals surface area contributed by atoms with Crippen LogP contribution in [-0.4, -0.2) is 34.8 Å². The van der Waals surface area contributed by atoms with Crippen molar-refractivity contribution in [1.29, 1.82) is 0 Å². The van der Waals surface area contributed by atoms with Gasteiger partial charge in [-0.05, 0) is 74.2 Å². The normalized spacial score (nSPS) is 17.3. The molecule has 2 fully saturated rings. The van der Waals surface area contributed by atoms with Crippen molar-refractivity contribution in [3.05, 3.63) is 53.6 Å². The third kappa shape index (κ3) is 4.61. The summed E-state index contributed by atoms with van der Waals surface area (Å²) in [6.07, 6.45) is 3.34. The maximum absolute atomic E-state index is 12.6. The molecule has 2 N–H and O–H groups in total. The van der Waals surface area contributed by atoms with E-state index in [9.17, 15) is 14.4 Å². The Morgan fingerprint density at radius 3 is 2.39 bits per heavy atom. The molecule has 1 aliphatic carbocycles. The van der Waals surface area contributed by atoms with E-state index < -0.39 is 5.54 Å². The highest BCUT2D eigenvalue weighted by atomic mass is 32.2. The van der Waals surface area contributed by atoms with Crippen LogP contribution in [0.2, 0.25) is 0 Å². The number of carbonyl (C=O) groups excluding carboxylic acids is 3. The monoisotopic (exact) mass is 437 g/mol. The molecule has 4 amide bonds. The Hall–Kier alpha value is -2.80. The molecule has 1 heterocycles. The fraction of sp³-hybridized carbons (Fsp3) is 0.375. The van der Waals surface area contributed by atoms with Crippen LogP contribution in [-0.2, 0) is 9.59 Å². The number of hydrogen-bond acceptors (Lipinski definition) is 4. The van der Waals surface area contributed by atoms with Gasteiger partial charge in [0.1, 0.15) is 5.54 Å². The Morgan fingerprint density at radius 2 is 1.71 bits per heavy atom. The molecule has 1 spiro atoms. The van der Waals surface area contributed by atoms with E-state index in [0.29, 0.717) is 18.5 Å². The summed E-state index contributed by atoms with van der Waals surface area (Å²) in [4.78, 5) is 40.7. The summed E-state index contributed by atoms with van der Waals surface area (Å²) < 4.78 is 0. The summed E-state index contributed by atoms with van der Waals surface area (Å²) in [6, 6.07) is 13.7. The largest absolute Gasteiger partial charge is 0.326 e. The highest BCUT2D eigenvalue weighted by molar-refractivity contribution is 7.99. The molecule has 0 atom stereocenters. The van der Waals surface area contributed by atoms with Gasteiger partial charge in [-0.25, -0.2) is 4.79 Å². The third-order valence-corrected chi connectivity index (χ3v) is 7.12. The summed E-state index contributed by atoms with van der Waals surface area (Å²) in [6.45, 7) is 4.30. The van der Waals surface area contributed by atoms with E-state index in [1.165, 1.54) is 20.9 Å². The number of amides is 4. The van der Waals surface area contributed by atoms with Crippen LogP contribution < -0.4 is 10.6 Å². The smallest absolute Gasteiger partial charge is 0.325 e. The SMILES string of the molecule is Cc1ccc(Sc2ccc(NC(=O)CCN3C(=O)NC4(CCCC4)C3=O)cc2)cc1C. The van der Waals surface area contributed by atoms with Gasteiger partial charge in [0.15, 0.2) is 0 Å². The van der Waals surface area contributed by atoms with Gasteiger partial charge >= 0.3 is 6.03 Å². The van der Waals surface area contributed by atoms with Crippen LogP contribution in [0.4, 0.5) is 10.5 Å². The summed E-state index contributed by atoms with van der Waals surface area (Å²) in [5.74, 6) is -0.405. The predicted octanol–water partition coefficient (Wildman–Crippen LogP) is 4.65. The average molecular weight is 438 g/mol. The molecule has 0 radical (unpaired) electrons. The lowest BCUT2D eigenvalue weighted by Gasteiger charge is -2.19. The maximum atomic E-state index is 12.6. The zero-order valence-corrected chi connectivity index (χ0v) is 18.7. The van der Waals surface area contributed by atoms with E-state index in [1.807, 2.05) is 24.3 Å². The first-order valence-corrected chi connectivity index (χ1v) is 11.5. The fourth-order valence-corrected chi connectivity index (χ4v) is 5.07. The van der Waals surface area contributed by atoms with Gasteiger partial charge in [-0.15, -0.1) is 0 Å². The summed E-state index contributed by atoms with van der Waals surface area (Å²) in [5, 5.41) is 5.68. The first-order chi connectivity index (χ1) is 14.9. The average Bonchev–Trinajstić information content (AvgIpc) is 3.30. The molecule has 162 valence electrons. The molecule has 4 rings (SSSR count). The van der Waals surface area contributed by atoms with Gasteiger partial charge in [0.2, 0.25) is 5.91 Å². The molecule has 2 aliphatic rings. The molecule has 1 saturated carbocycles. The van der Waals surface area contributed by atoms with Crippen LogP contribution in [0.3, 0.4) is 0 Å². The molecular weight excluding hydrogens is 410 g/mol. The summed E-state index contributed by atoms with van der Waals surface area (Å²) >= 11 is 1.67. The van der Waals surface area contributed by atoms with Gasteiger partial charge in [-0.1, -0.05) is 30.7 Å². The fourth-order valence-electron chi connectivity index (χ4n) is 4.15. The summed E-state index contributed by atoms with van der Waals surface area (Å²) in [7, 11) is 0. The second-order valence-electron chi connectivity index (χ2n) is 8.35. The van der Waals surface area contributed by atoms with Crippen molar-refractivity contribution >= 4 is 35.3 Å². The van der Waals surface area contributed by atoms with E-state index in [4.69, 9.17) is 0 Å². The Morgan fingerprint density at radius 1 is 1.03 bits per heavy atom. The van der Waals surface area contributed by atoms with E-state index in [1.54, 1.807) is 11.8 Å².